The van der Waals surface area contributed by atoms with Gasteiger partial charge in [0.15, 0.2) is 0 Å². The molecule has 0 aliphatic carbocycles. The Kier molecular flexibility index (Phi) is 2.67. The van der Waals surface area contributed by atoms with E-state index in [1.54, 1.807) is 11.5 Å². The summed E-state index contributed by atoms with van der Waals surface area (Å²) in [4.78, 5) is 10.6. The van der Waals surface area contributed by atoms with Gasteiger partial charge in [0, 0.05) is 4.47 Å². The van der Waals surface area contributed by atoms with Gasteiger partial charge in [0.2, 0.25) is 0 Å². The van der Waals surface area contributed by atoms with Crippen molar-refractivity contribution in [2.75, 3.05) is 5.48 Å². The Labute approximate surface area is 76.9 Å². The Balaban J connectivity index is 3.21. The summed E-state index contributed by atoms with van der Waals surface area (Å²) in [7, 11) is 0. The molecule has 5 heteroatoms. The van der Waals surface area contributed by atoms with Gasteiger partial charge in [-0.1, -0.05) is 15.9 Å². The maximum absolute atomic E-state index is 10.6. The van der Waals surface area contributed by atoms with Crippen molar-refractivity contribution in [3.8, 4) is 0 Å². The minimum atomic E-state index is -1.09. The predicted molar refractivity (Wildman–Crippen MR) is 46.5 cm³/mol. The zero-order valence-corrected chi connectivity index (χ0v) is 7.50. The highest BCUT2D eigenvalue weighted by Gasteiger charge is 2.09. The average molecular weight is 232 g/mol. The molecular weight excluding hydrogens is 226 g/mol. The SMILES string of the molecule is O=C(O)c1cc(Br)ccc1NO. The topological polar surface area (TPSA) is 69.6 Å². The summed E-state index contributed by atoms with van der Waals surface area (Å²) in [5.74, 6) is -1.09. The third kappa shape index (κ3) is 1.75. The number of rotatable bonds is 2. The first-order valence-electron chi connectivity index (χ1n) is 3.08. The third-order valence-electron chi connectivity index (χ3n) is 1.33. The number of hydrogen-bond acceptors (Lipinski definition) is 3. The van der Waals surface area contributed by atoms with Crippen LogP contribution in [-0.2, 0) is 0 Å². The molecule has 0 radical (unpaired) electrons. The lowest BCUT2D eigenvalue weighted by molar-refractivity contribution is 0.0697. The second kappa shape index (κ2) is 3.55. The van der Waals surface area contributed by atoms with Gasteiger partial charge in [0.05, 0.1) is 11.3 Å². The van der Waals surface area contributed by atoms with Gasteiger partial charge in [0.1, 0.15) is 0 Å². The van der Waals surface area contributed by atoms with E-state index in [1.807, 2.05) is 0 Å². The van der Waals surface area contributed by atoms with E-state index in [9.17, 15) is 4.79 Å². The van der Waals surface area contributed by atoms with E-state index in [2.05, 4.69) is 15.9 Å². The van der Waals surface area contributed by atoms with Gasteiger partial charge in [-0.3, -0.25) is 10.7 Å². The minimum absolute atomic E-state index is 0.0203. The number of carbonyl (C=O) groups is 1. The number of halogens is 1. The number of aromatic carboxylic acids is 1. The van der Waals surface area contributed by atoms with Crippen LogP contribution in [0.15, 0.2) is 22.7 Å². The maximum atomic E-state index is 10.6. The summed E-state index contributed by atoms with van der Waals surface area (Å²) in [6.07, 6.45) is 0. The summed E-state index contributed by atoms with van der Waals surface area (Å²) < 4.78 is 0.652. The number of carboxylic acid groups (broad SMARTS) is 1. The zero-order chi connectivity index (χ0) is 9.14. The molecule has 0 saturated heterocycles. The largest absolute Gasteiger partial charge is 0.478 e. The lowest BCUT2D eigenvalue weighted by Gasteiger charge is -2.03. The van der Waals surface area contributed by atoms with Crippen LogP contribution in [0.1, 0.15) is 10.4 Å². The Hall–Kier alpha value is -1.07. The monoisotopic (exact) mass is 231 g/mol. The van der Waals surface area contributed by atoms with E-state index < -0.39 is 5.97 Å². The highest BCUT2D eigenvalue weighted by Crippen LogP contribution is 2.20. The highest BCUT2D eigenvalue weighted by molar-refractivity contribution is 9.10. The van der Waals surface area contributed by atoms with E-state index in [1.165, 1.54) is 12.1 Å². The number of benzene rings is 1. The molecule has 0 spiro atoms. The van der Waals surface area contributed by atoms with Crippen molar-refractivity contribution in [2.24, 2.45) is 0 Å². The standard InChI is InChI=1S/C7H6BrNO3/c8-4-1-2-6(9-12)5(3-4)7(10)11/h1-3,9,12H,(H,10,11). The van der Waals surface area contributed by atoms with Crippen LogP contribution >= 0.6 is 15.9 Å². The number of hydrogen-bond donors (Lipinski definition) is 3. The van der Waals surface area contributed by atoms with E-state index in [-0.39, 0.29) is 11.3 Å². The molecule has 0 fully saturated rings. The van der Waals surface area contributed by atoms with Crippen LogP contribution in [0.3, 0.4) is 0 Å². The van der Waals surface area contributed by atoms with Crippen molar-refractivity contribution in [1.82, 2.24) is 0 Å². The summed E-state index contributed by atoms with van der Waals surface area (Å²) in [6.45, 7) is 0. The van der Waals surface area contributed by atoms with Crippen molar-refractivity contribution in [3.63, 3.8) is 0 Å². The van der Waals surface area contributed by atoms with Gasteiger partial charge in [-0.2, -0.15) is 0 Å². The Morgan fingerprint density at radius 2 is 2.17 bits per heavy atom. The second-order valence-corrected chi connectivity index (χ2v) is 3.02. The van der Waals surface area contributed by atoms with E-state index in [0.29, 0.717) is 4.47 Å². The van der Waals surface area contributed by atoms with Crippen LogP contribution in [-0.4, -0.2) is 16.3 Å². The van der Waals surface area contributed by atoms with Gasteiger partial charge in [0.25, 0.3) is 0 Å². The van der Waals surface area contributed by atoms with E-state index in [4.69, 9.17) is 10.3 Å². The van der Waals surface area contributed by atoms with Crippen LogP contribution in [0.4, 0.5) is 5.69 Å². The minimum Gasteiger partial charge on any atom is -0.478 e. The Morgan fingerprint density at radius 1 is 1.50 bits per heavy atom. The lowest BCUT2D eigenvalue weighted by Crippen LogP contribution is -2.02. The summed E-state index contributed by atoms with van der Waals surface area (Å²) in [6, 6.07) is 4.50. The van der Waals surface area contributed by atoms with Crippen LogP contribution in [0.25, 0.3) is 0 Å². The lowest BCUT2D eigenvalue weighted by atomic mass is 10.2. The highest BCUT2D eigenvalue weighted by atomic mass is 79.9. The number of anilines is 1. The molecule has 0 saturated carbocycles. The molecule has 4 nitrogen and oxygen atoms in total. The zero-order valence-electron chi connectivity index (χ0n) is 5.91. The van der Waals surface area contributed by atoms with Crippen LogP contribution in [0.2, 0.25) is 0 Å². The Morgan fingerprint density at radius 3 is 2.67 bits per heavy atom. The summed E-state index contributed by atoms with van der Waals surface area (Å²) in [5, 5.41) is 17.2. The molecule has 0 amide bonds. The van der Waals surface area contributed by atoms with Gasteiger partial charge in [-0.05, 0) is 18.2 Å². The van der Waals surface area contributed by atoms with Crippen molar-refractivity contribution in [1.29, 1.82) is 0 Å². The van der Waals surface area contributed by atoms with Crippen molar-refractivity contribution >= 4 is 27.6 Å². The van der Waals surface area contributed by atoms with E-state index >= 15 is 0 Å². The van der Waals surface area contributed by atoms with Gasteiger partial charge in [-0.25, -0.2) is 4.79 Å². The van der Waals surface area contributed by atoms with Crippen molar-refractivity contribution in [2.45, 2.75) is 0 Å². The first kappa shape index (κ1) is 9.02. The van der Waals surface area contributed by atoms with Crippen LogP contribution in [0, 0.1) is 0 Å². The quantitative estimate of drug-likeness (QED) is 0.681. The summed E-state index contributed by atoms with van der Waals surface area (Å²) >= 11 is 3.12. The van der Waals surface area contributed by atoms with Gasteiger partial charge < -0.3 is 5.11 Å². The van der Waals surface area contributed by atoms with Crippen LogP contribution < -0.4 is 5.48 Å². The molecule has 1 rings (SSSR count). The molecule has 12 heavy (non-hydrogen) atoms. The molecule has 0 bridgehead atoms. The van der Waals surface area contributed by atoms with Crippen molar-refractivity contribution < 1.29 is 15.1 Å². The molecule has 1 aromatic rings. The first-order valence-corrected chi connectivity index (χ1v) is 3.87. The normalized spacial score (nSPS) is 9.50. The average Bonchev–Trinajstić information content (AvgIpc) is 2.04. The molecule has 0 atom stereocenters. The second-order valence-electron chi connectivity index (χ2n) is 2.11. The molecule has 0 aliphatic rings. The van der Waals surface area contributed by atoms with Gasteiger partial charge >= 0.3 is 5.97 Å². The maximum Gasteiger partial charge on any atom is 0.337 e. The number of carboxylic acids is 1. The fourth-order valence-corrected chi connectivity index (χ4v) is 1.15. The predicted octanol–water partition coefficient (Wildman–Crippen LogP) is 1.95. The fourth-order valence-electron chi connectivity index (χ4n) is 0.791. The molecule has 0 unspecified atom stereocenters. The summed E-state index contributed by atoms with van der Waals surface area (Å²) in [5.41, 5.74) is 1.99. The molecule has 0 heterocycles. The number of nitrogens with one attached hydrogen (secondary N) is 1. The van der Waals surface area contributed by atoms with Crippen molar-refractivity contribution in [3.05, 3.63) is 28.2 Å². The molecule has 0 aliphatic heterocycles. The fraction of sp³-hybridized carbons (Fsp3) is 0. The molecule has 1 aromatic carbocycles. The third-order valence-corrected chi connectivity index (χ3v) is 1.83. The Bertz CT molecular complexity index is 314. The molecule has 0 aromatic heterocycles. The molecule has 3 N–H and O–H groups in total. The molecular formula is C7H6BrNO3. The first-order chi connectivity index (χ1) is 5.65. The molecule has 64 valence electrons. The van der Waals surface area contributed by atoms with Gasteiger partial charge in [-0.15, -0.1) is 0 Å². The van der Waals surface area contributed by atoms with E-state index in [0.717, 1.165) is 0 Å². The van der Waals surface area contributed by atoms with Crippen LogP contribution in [0.5, 0.6) is 0 Å². The smallest absolute Gasteiger partial charge is 0.337 e.